The number of methoxy groups -OCH3 is 1. The third-order valence-corrected chi connectivity index (χ3v) is 3.11. The molecule has 5 heteroatoms. The fourth-order valence-corrected chi connectivity index (χ4v) is 1.91. The van der Waals surface area contributed by atoms with Gasteiger partial charge in [0.2, 0.25) is 0 Å². The molecule has 1 aromatic carbocycles. The molecule has 0 aliphatic heterocycles. The molecule has 0 bridgehead atoms. The van der Waals surface area contributed by atoms with Gasteiger partial charge in [0.15, 0.2) is 0 Å². The second-order valence-corrected chi connectivity index (χ2v) is 4.65. The standard InChI is InChI=1S/C14H19N3O2/c1-14(18,12-7-4-3-5-8-12)13-11-17(16-15-13)9-6-10-19-2/h3-5,7-8,11,18H,6,9-10H2,1-2H3. The van der Waals surface area contributed by atoms with Gasteiger partial charge in [-0.2, -0.15) is 0 Å². The van der Waals surface area contributed by atoms with Crippen LogP contribution in [0.25, 0.3) is 0 Å². The molecule has 0 aliphatic carbocycles. The highest BCUT2D eigenvalue weighted by Gasteiger charge is 2.28. The minimum Gasteiger partial charge on any atom is -0.385 e. The molecule has 2 rings (SSSR count). The van der Waals surface area contributed by atoms with E-state index in [9.17, 15) is 5.11 Å². The van der Waals surface area contributed by atoms with Gasteiger partial charge in [0.1, 0.15) is 11.3 Å². The first-order chi connectivity index (χ1) is 9.14. The van der Waals surface area contributed by atoms with Crippen molar-refractivity contribution in [1.29, 1.82) is 0 Å². The topological polar surface area (TPSA) is 60.2 Å². The number of benzene rings is 1. The third kappa shape index (κ3) is 3.19. The normalized spacial score (nSPS) is 14.3. The summed E-state index contributed by atoms with van der Waals surface area (Å²) < 4.78 is 6.72. The predicted molar refractivity (Wildman–Crippen MR) is 71.6 cm³/mol. The van der Waals surface area contributed by atoms with Gasteiger partial charge in [-0.1, -0.05) is 35.5 Å². The first-order valence-electron chi connectivity index (χ1n) is 6.32. The molecule has 1 atom stereocenters. The van der Waals surface area contributed by atoms with Crippen molar-refractivity contribution in [3.63, 3.8) is 0 Å². The molecule has 0 radical (unpaired) electrons. The van der Waals surface area contributed by atoms with E-state index in [-0.39, 0.29) is 0 Å². The van der Waals surface area contributed by atoms with Crippen molar-refractivity contribution < 1.29 is 9.84 Å². The number of aromatic nitrogens is 3. The van der Waals surface area contributed by atoms with Gasteiger partial charge in [-0.25, -0.2) is 0 Å². The lowest BCUT2D eigenvalue weighted by Crippen LogP contribution is -2.23. The Bertz CT molecular complexity index is 508. The van der Waals surface area contributed by atoms with Crippen LogP contribution in [0.15, 0.2) is 36.5 Å². The zero-order valence-corrected chi connectivity index (χ0v) is 11.3. The smallest absolute Gasteiger partial charge is 0.132 e. The van der Waals surface area contributed by atoms with Crippen LogP contribution in [0, 0.1) is 0 Å². The Labute approximate surface area is 112 Å². The Hall–Kier alpha value is -1.72. The maximum atomic E-state index is 10.6. The van der Waals surface area contributed by atoms with Crippen LogP contribution in [-0.2, 0) is 16.9 Å². The maximum Gasteiger partial charge on any atom is 0.132 e. The number of aryl methyl sites for hydroxylation is 1. The van der Waals surface area contributed by atoms with Crippen molar-refractivity contribution in [1.82, 2.24) is 15.0 Å². The molecule has 1 heterocycles. The summed E-state index contributed by atoms with van der Waals surface area (Å²) in [6, 6.07) is 9.47. The van der Waals surface area contributed by atoms with Gasteiger partial charge in [0, 0.05) is 20.3 Å². The first-order valence-corrected chi connectivity index (χ1v) is 6.32. The molecule has 0 aliphatic rings. The van der Waals surface area contributed by atoms with E-state index in [0.29, 0.717) is 12.3 Å². The van der Waals surface area contributed by atoms with Crippen LogP contribution in [0.2, 0.25) is 0 Å². The van der Waals surface area contributed by atoms with Gasteiger partial charge in [-0.3, -0.25) is 4.68 Å². The van der Waals surface area contributed by atoms with Crippen molar-refractivity contribution in [2.45, 2.75) is 25.5 Å². The summed E-state index contributed by atoms with van der Waals surface area (Å²) >= 11 is 0. The summed E-state index contributed by atoms with van der Waals surface area (Å²) in [5, 5.41) is 18.7. The van der Waals surface area contributed by atoms with E-state index in [1.165, 1.54) is 0 Å². The molecule has 0 saturated heterocycles. The van der Waals surface area contributed by atoms with Crippen LogP contribution in [0.1, 0.15) is 24.6 Å². The molecule has 1 unspecified atom stereocenters. The summed E-state index contributed by atoms with van der Waals surface area (Å²) in [7, 11) is 1.67. The summed E-state index contributed by atoms with van der Waals surface area (Å²) in [6.07, 6.45) is 2.65. The number of rotatable bonds is 6. The van der Waals surface area contributed by atoms with Crippen LogP contribution in [0.5, 0.6) is 0 Å². The second kappa shape index (κ2) is 5.95. The number of aliphatic hydroxyl groups is 1. The molecule has 1 N–H and O–H groups in total. The zero-order chi connectivity index (χ0) is 13.7. The van der Waals surface area contributed by atoms with E-state index in [1.807, 2.05) is 30.3 Å². The number of hydrogen-bond donors (Lipinski definition) is 1. The molecular weight excluding hydrogens is 242 g/mol. The summed E-state index contributed by atoms with van der Waals surface area (Å²) in [6.45, 7) is 3.14. The molecule has 0 saturated carbocycles. The molecule has 5 nitrogen and oxygen atoms in total. The number of ether oxygens (including phenoxy) is 1. The fraction of sp³-hybridized carbons (Fsp3) is 0.429. The van der Waals surface area contributed by atoms with Crippen molar-refractivity contribution in [3.8, 4) is 0 Å². The van der Waals surface area contributed by atoms with Gasteiger partial charge in [-0.05, 0) is 18.9 Å². The van der Waals surface area contributed by atoms with E-state index in [4.69, 9.17) is 4.74 Å². The first kappa shape index (κ1) is 13.7. The molecule has 2 aromatic rings. The van der Waals surface area contributed by atoms with E-state index < -0.39 is 5.60 Å². The number of nitrogens with zero attached hydrogens (tertiary/aromatic N) is 3. The van der Waals surface area contributed by atoms with Crippen molar-refractivity contribution in [3.05, 3.63) is 47.8 Å². The summed E-state index contributed by atoms with van der Waals surface area (Å²) in [4.78, 5) is 0. The van der Waals surface area contributed by atoms with E-state index in [0.717, 1.165) is 18.5 Å². The Kier molecular flexibility index (Phi) is 4.29. The minimum atomic E-state index is -1.12. The van der Waals surface area contributed by atoms with Crippen molar-refractivity contribution >= 4 is 0 Å². The molecule has 0 amide bonds. The van der Waals surface area contributed by atoms with Gasteiger partial charge in [0.25, 0.3) is 0 Å². The average Bonchev–Trinajstić information content (AvgIpc) is 2.90. The second-order valence-electron chi connectivity index (χ2n) is 4.65. The monoisotopic (exact) mass is 261 g/mol. The van der Waals surface area contributed by atoms with Gasteiger partial charge in [0.05, 0.1) is 6.20 Å². The highest BCUT2D eigenvalue weighted by atomic mass is 16.5. The fourth-order valence-electron chi connectivity index (χ4n) is 1.91. The lowest BCUT2D eigenvalue weighted by atomic mass is 9.93. The largest absolute Gasteiger partial charge is 0.385 e. The Morgan fingerprint density at radius 2 is 2.05 bits per heavy atom. The Morgan fingerprint density at radius 3 is 2.74 bits per heavy atom. The molecule has 19 heavy (non-hydrogen) atoms. The molecule has 0 fully saturated rings. The van der Waals surface area contributed by atoms with E-state index in [1.54, 1.807) is 24.9 Å². The SMILES string of the molecule is COCCCn1cc(C(C)(O)c2ccccc2)nn1. The van der Waals surface area contributed by atoms with E-state index in [2.05, 4.69) is 10.3 Å². The van der Waals surface area contributed by atoms with Gasteiger partial charge in [-0.15, -0.1) is 5.10 Å². The zero-order valence-electron chi connectivity index (χ0n) is 11.3. The predicted octanol–water partition coefficient (Wildman–Crippen LogP) is 1.57. The quantitative estimate of drug-likeness (QED) is 0.802. The van der Waals surface area contributed by atoms with E-state index >= 15 is 0 Å². The maximum absolute atomic E-state index is 10.6. The average molecular weight is 261 g/mol. The molecule has 102 valence electrons. The van der Waals surface area contributed by atoms with Crippen LogP contribution in [-0.4, -0.2) is 33.8 Å². The number of hydrogen-bond acceptors (Lipinski definition) is 4. The third-order valence-electron chi connectivity index (χ3n) is 3.11. The van der Waals surface area contributed by atoms with Gasteiger partial charge < -0.3 is 9.84 Å². The van der Waals surface area contributed by atoms with Gasteiger partial charge >= 0.3 is 0 Å². The highest BCUT2D eigenvalue weighted by molar-refractivity contribution is 5.29. The lowest BCUT2D eigenvalue weighted by Gasteiger charge is -2.20. The lowest BCUT2D eigenvalue weighted by molar-refractivity contribution is 0.0972. The summed E-state index contributed by atoms with van der Waals surface area (Å²) in [5.74, 6) is 0. The molecule has 1 aromatic heterocycles. The van der Waals surface area contributed by atoms with Crippen LogP contribution < -0.4 is 0 Å². The van der Waals surface area contributed by atoms with Crippen LogP contribution >= 0.6 is 0 Å². The molecular formula is C14H19N3O2. The van der Waals surface area contributed by atoms with Crippen molar-refractivity contribution in [2.75, 3.05) is 13.7 Å². The van der Waals surface area contributed by atoms with Crippen molar-refractivity contribution in [2.24, 2.45) is 0 Å². The minimum absolute atomic E-state index is 0.552. The van der Waals surface area contributed by atoms with Crippen LogP contribution in [0.4, 0.5) is 0 Å². The Balaban J connectivity index is 2.13. The van der Waals surface area contributed by atoms with Crippen LogP contribution in [0.3, 0.4) is 0 Å². The summed E-state index contributed by atoms with van der Waals surface area (Å²) in [5.41, 5.74) is 0.232. The Morgan fingerprint density at radius 1 is 1.32 bits per heavy atom. The highest BCUT2D eigenvalue weighted by Crippen LogP contribution is 2.26. The molecule has 0 spiro atoms.